The molecule has 1 amide bonds. The van der Waals surface area contributed by atoms with Crippen molar-refractivity contribution in [1.29, 1.82) is 0 Å². The van der Waals surface area contributed by atoms with Crippen LogP contribution in [0.4, 0.5) is 0 Å². The number of halogens is 1. The van der Waals surface area contributed by atoms with Crippen LogP contribution in [-0.4, -0.2) is 42.4 Å². The number of carbonyl (C=O) groups is 1. The number of guanidine groups is 1. The van der Waals surface area contributed by atoms with E-state index in [1.165, 1.54) is 16.7 Å². The molecule has 2 N–H and O–H groups in total. The summed E-state index contributed by atoms with van der Waals surface area (Å²) in [5, 5.41) is 6.74. The largest absolute Gasteiger partial charge is 0.357 e. The van der Waals surface area contributed by atoms with Crippen molar-refractivity contribution in [3.05, 3.63) is 34.9 Å². The third-order valence-electron chi connectivity index (χ3n) is 5.04. The molecule has 0 spiro atoms. The molecule has 1 atom stereocenters. The standard InChI is InChI=1S/C21H34N4O.HI/c1-5-19(25-13-7-8-20(25)26)11-12-23-21(22-6-2)24-15-18-10-9-16(3)14-17(18)4;/h9-10,14,19H,5-8,11-13,15H2,1-4H3,(H2,22,23,24);1H. The van der Waals surface area contributed by atoms with Crippen molar-refractivity contribution in [1.82, 2.24) is 15.5 Å². The highest BCUT2D eigenvalue weighted by Crippen LogP contribution is 2.17. The van der Waals surface area contributed by atoms with Gasteiger partial charge in [-0.05, 0) is 51.2 Å². The van der Waals surface area contributed by atoms with E-state index in [4.69, 9.17) is 4.99 Å². The van der Waals surface area contributed by atoms with Crippen LogP contribution in [0.5, 0.6) is 0 Å². The van der Waals surface area contributed by atoms with Crippen LogP contribution in [-0.2, 0) is 11.3 Å². The molecule has 0 bridgehead atoms. The Kier molecular flexibility index (Phi) is 10.7. The summed E-state index contributed by atoms with van der Waals surface area (Å²) >= 11 is 0. The van der Waals surface area contributed by atoms with E-state index in [1.54, 1.807) is 0 Å². The number of rotatable bonds is 8. The predicted octanol–water partition coefficient (Wildman–Crippen LogP) is 3.77. The average Bonchev–Trinajstić information content (AvgIpc) is 3.03. The lowest BCUT2D eigenvalue weighted by atomic mass is 10.1. The lowest BCUT2D eigenvalue weighted by molar-refractivity contribution is -0.129. The molecule has 1 fully saturated rings. The molecule has 1 aromatic carbocycles. The van der Waals surface area contributed by atoms with Crippen molar-refractivity contribution in [3.63, 3.8) is 0 Å². The highest BCUT2D eigenvalue weighted by atomic mass is 127. The summed E-state index contributed by atoms with van der Waals surface area (Å²) in [6, 6.07) is 6.82. The second kappa shape index (κ2) is 12.2. The second-order valence-electron chi connectivity index (χ2n) is 7.09. The summed E-state index contributed by atoms with van der Waals surface area (Å²) in [4.78, 5) is 18.7. The SMILES string of the molecule is CCNC(=NCc1ccc(C)cc1C)NCCC(CC)N1CCCC1=O.I. The van der Waals surface area contributed by atoms with Crippen molar-refractivity contribution in [2.45, 2.75) is 66.0 Å². The highest BCUT2D eigenvalue weighted by molar-refractivity contribution is 14.0. The Bertz CT molecular complexity index is 633. The van der Waals surface area contributed by atoms with Crippen LogP contribution in [0.25, 0.3) is 0 Å². The Hall–Kier alpha value is -1.31. The van der Waals surface area contributed by atoms with Gasteiger partial charge in [0.2, 0.25) is 5.91 Å². The molecular weight excluding hydrogens is 451 g/mol. The van der Waals surface area contributed by atoms with Crippen LogP contribution < -0.4 is 10.6 Å². The number of carbonyl (C=O) groups excluding carboxylic acids is 1. The minimum atomic E-state index is 0. The van der Waals surface area contributed by atoms with Gasteiger partial charge >= 0.3 is 0 Å². The number of likely N-dealkylation sites (tertiary alicyclic amines) is 1. The first-order chi connectivity index (χ1) is 12.5. The van der Waals surface area contributed by atoms with Crippen molar-refractivity contribution in [2.75, 3.05) is 19.6 Å². The van der Waals surface area contributed by atoms with Crippen molar-refractivity contribution in [2.24, 2.45) is 4.99 Å². The third kappa shape index (κ3) is 7.31. The van der Waals surface area contributed by atoms with E-state index in [-0.39, 0.29) is 24.0 Å². The zero-order valence-corrected chi connectivity index (χ0v) is 19.5. The van der Waals surface area contributed by atoms with Crippen molar-refractivity contribution < 1.29 is 4.79 Å². The predicted molar refractivity (Wildman–Crippen MR) is 124 cm³/mol. The number of nitrogens with zero attached hydrogens (tertiary/aromatic N) is 2. The second-order valence-corrected chi connectivity index (χ2v) is 7.09. The maximum absolute atomic E-state index is 12.0. The number of nitrogens with one attached hydrogen (secondary N) is 2. The van der Waals surface area contributed by atoms with Gasteiger partial charge in [0, 0.05) is 32.1 Å². The number of aliphatic imine (C=N–C) groups is 1. The molecule has 1 saturated heterocycles. The van der Waals surface area contributed by atoms with Gasteiger partial charge in [0.1, 0.15) is 0 Å². The summed E-state index contributed by atoms with van der Waals surface area (Å²) in [5.41, 5.74) is 3.81. The molecular formula is C21H35IN4O. The van der Waals surface area contributed by atoms with Gasteiger partial charge in [0.25, 0.3) is 0 Å². The summed E-state index contributed by atoms with van der Waals surface area (Å²) < 4.78 is 0. The fraction of sp³-hybridized carbons (Fsp3) is 0.619. The first-order valence-corrected chi connectivity index (χ1v) is 9.92. The molecule has 0 aliphatic carbocycles. The minimum Gasteiger partial charge on any atom is -0.357 e. The molecule has 0 saturated carbocycles. The number of hydrogen-bond donors (Lipinski definition) is 2. The van der Waals surface area contributed by atoms with Gasteiger partial charge in [-0.1, -0.05) is 30.7 Å². The van der Waals surface area contributed by atoms with Crippen molar-refractivity contribution in [3.8, 4) is 0 Å². The molecule has 6 heteroatoms. The molecule has 152 valence electrons. The topological polar surface area (TPSA) is 56.7 Å². The highest BCUT2D eigenvalue weighted by Gasteiger charge is 2.26. The fourth-order valence-electron chi connectivity index (χ4n) is 3.52. The van der Waals surface area contributed by atoms with Gasteiger partial charge in [-0.15, -0.1) is 24.0 Å². The molecule has 1 aliphatic heterocycles. The van der Waals surface area contributed by atoms with Gasteiger partial charge in [0.05, 0.1) is 6.54 Å². The van der Waals surface area contributed by atoms with Crippen LogP contribution in [0.15, 0.2) is 23.2 Å². The molecule has 0 radical (unpaired) electrons. The first-order valence-electron chi connectivity index (χ1n) is 9.92. The van der Waals surface area contributed by atoms with E-state index in [1.807, 2.05) is 0 Å². The number of aryl methyl sites for hydroxylation is 2. The Morgan fingerprint density at radius 1 is 1.26 bits per heavy atom. The molecule has 2 rings (SSSR count). The lowest BCUT2D eigenvalue weighted by Crippen LogP contribution is -2.42. The van der Waals surface area contributed by atoms with E-state index in [9.17, 15) is 4.79 Å². The smallest absolute Gasteiger partial charge is 0.222 e. The number of hydrogen-bond acceptors (Lipinski definition) is 2. The molecule has 1 heterocycles. The van der Waals surface area contributed by atoms with Gasteiger partial charge in [-0.25, -0.2) is 4.99 Å². The molecule has 1 aromatic rings. The maximum atomic E-state index is 12.0. The van der Waals surface area contributed by atoms with Crippen LogP contribution in [0.2, 0.25) is 0 Å². The van der Waals surface area contributed by atoms with Crippen LogP contribution in [0.1, 0.15) is 56.2 Å². The van der Waals surface area contributed by atoms with Gasteiger partial charge in [-0.3, -0.25) is 4.79 Å². The Morgan fingerprint density at radius 3 is 2.63 bits per heavy atom. The van der Waals surface area contributed by atoms with Gasteiger partial charge in [-0.2, -0.15) is 0 Å². The quantitative estimate of drug-likeness (QED) is 0.334. The van der Waals surface area contributed by atoms with Gasteiger partial charge in [0.15, 0.2) is 5.96 Å². The van der Waals surface area contributed by atoms with E-state index in [0.29, 0.717) is 24.9 Å². The normalized spacial score (nSPS) is 15.5. The zero-order valence-electron chi connectivity index (χ0n) is 17.2. The summed E-state index contributed by atoms with van der Waals surface area (Å²) in [5.74, 6) is 1.15. The summed E-state index contributed by atoms with van der Waals surface area (Å²) in [6.07, 6.45) is 3.67. The van der Waals surface area contributed by atoms with Crippen LogP contribution in [0, 0.1) is 13.8 Å². The Balaban J connectivity index is 0.00000364. The Morgan fingerprint density at radius 2 is 2.04 bits per heavy atom. The average molecular weight is 486 g/mol. The summed E-state index contributed by atoms with van der Waals surface area (Å²) in [6.45, 7) is 11.7. The molecule has 0 aromatic heterocycles. The van der Waals surface area contributed by atoms with Crippen LogP contribution in [0.3, 0.4) is 0 Å². The van der Waals surface area contributed by atoms with E-state index < -0.39 is 0 Å². The minimum absolute atomic E-state index is 0. The monoisotopic (exact) mass is 486 g/mol. The lowest BCUT2D eigenvalue weighted by Gasteiger charge is -2.27. The van der Waals surface area contributed by atoms with Crippen molar-refractivity contribution >= 4 is 35.8 Å². The Labute approximate surface area is 181 Å². The van der Waals surface area contributed by atoms with E-state index >= 15 is 0 Å². The molecule has 27 heavy (non-hydrogen) atoms. The number of amides is 1. The molecule has 1 aliphatic rings. The third-order valence-corrected chi connectivity index (χ3v) is 5.04. The van der Waals surface area contributed by atoms with Gasteiger partial charge < -0.3 is 15.5 Å². The first kappa shape index (κ1) is 23.7. The molecule has 1 unspecified atom stereocenters. The molecule has 5 nitrogen and oxygen atoms in total. The van der Waals surface area contributed by atoms with E-state index in [2.05, 4.69) is 61.4 Å². The fourth-order valence-corrected chi connectivity index (χ4v) is 3.52. The van der Waals surface area contributed by atoms with Crippen LogP contribution >= 0.6 is 24.0 Å². The van der Waals surface area contributed by atoms with E-state index in [0.717, 1.165) is 44.9 Å². The maximum Gasteiger partial charge on any atom is 0.222 e. The number of benzene rings is 1. The zero-order chi connectivity index (χ0) is 18.9. The summed E-state index contributed by atoms with van der Waals surface area (Å²) in [7, 11) is 0.